The van der Waals surface area contributed by atoms with Gasteiger partial charge in [-0.2, -0.15) is 0 Å². The summed E-state index contributed by atoms with van der Waals surface area (Å²) in [6.07, 6.45) is 2.01. The molecule has 0 aliphatic heterocycles. The number of rotatable bonds is 6. The third-order valence-corrected chi connectivity index (χ3v) is 4.87. The number of nitrogens with one attached hydrogen (secondary N) is 1. The molecule has 0 aromatic heterocycles. The molecule has 0 radical (unpaired) electrons. The second-order valence-corrected chi connectivity index (χ2v) is 7.54. The highest BCUT2D eigenvalue weighted by molar-refractivity contribution is 7.89. The lowest BCUT2D eigenvalue weighted by Crippen LogP contribution is -2.33. The molecule has 1 aromatic rings. The van der Waals surface area contributed by atoms with E-state index in [0.717, 1.165) is 18.2 Å². The van der Waals surface area contributed by atoms with Crippen LogP contribution in [0, 0.1) is 5.82 Å². The number of hydrogen-bond donors (Lipinski definition) is 2. The van der Waals surface area contributed by atoms with Gasteiger partial charge in [0.2, 0.25) is 10.0 Å². The van der Waals surface area contributed by atoms with Crippen LogP contribution in [0.4, 0.5) is 10.1 Å². The highest BCUT2D eigenvalue weighted by atomic mass is 32.2. The van der Waals surface area contributed by atoms with Gasteiger partial charge in [0.05, 0.1) is 10.6 Å². The Morgan fingerprint density at radius 1 is 1.47 bits per heavy atom. The van der Waals surface area contributed by atoms with E-state index in [1.54, 1.807) is 13.2 Å². The zero-order valence-corrected chi connectivity index (χ0v) is 12.4. The van der Waals surface area contributed by atoms with Crippen molar-refractivity contribution in [1.82, 2.24) is 4.72 Å². The summed E-state index contributed by atoms with van der Waals surface area (Å²) in [7, 11) is -4.71. The monoisotopic (exact) mass is 308 g/mol. The van der Waals surface area contributed by atoms with E-state index in [-0.39, 0.29) is 16.6 Å². The molecule has 3 N–H and O–H groups in total. The quantitative estimate of drug-likeness (QED) is 0.762. The number of hydrogen-bond acceptors (Lipinski definition) is 4. The van der Waals surface area contributed by atoms with Gasteiger partial charge in [-0.25, -0.2) is 17.5 Å². The molecule has 0 heterocycles. The van der Waals surface area contributed by atoms with Gasteiger partial charge >= 0.3 is 0 Å². The van der Waals surface area contributed by atoms with Crippen LogP contribution in [-0.2, 0) is 20.8 Å². The Bertz CT molecular complexity index is 575. The fourth-order valence-corrected chi connectivity index (χ4v) is 3.42. The molecule has 0 saturated carbocycles. The predicted molar refractivity (Wildman–Crippen MR) is 74.1 cm³/mol. The van der Waals surface area contributed by atoms with Gasteiger partial charge in [0.15, 0.2) is 0 Å². The molecule has 19 heavy (non-hydrogen) atoms. The van der Waals surface area contributed by atoms with Crippen LogP contribution in [0.25, 0.3) is 0 Å². The first-order valence-electron chi connectivity index (χ1n) is 5.60. The minimum atomic E-state index is -3.74. The van der Waals surface area contributed by atoms with Gasteiger partial charge < -0.3 is 5.73 Å². The fourth-order valence-electron chi connectivity index (χ4n) is 1.42. The van der Waals surface area contributed by atoms with Gasteiger partial charge in [0, 0.05) is 28.9 Å². The van der Waals surface area contributed by atoms with Crippen LogP contribution >= 0.6 is 0 Å². The molecule has 0 bridgehead atoms. The molecular weight excluding hydrogens is 291 g/mol. The first-order chi connectivity index (χ1) is 8.72. The number of nitrogens with two attached hydrogens (primary N) is 1. The van der Waals surface area contributed by atoms with Crippen molar-refractivity contribution in [3.05, 3.63) is 24.0 Å². The van der Waals surface area contributed by atoms with Crippen molar-refractivity contribution < 1.29 is 17.0 Å². The van der Waals surface area contributed by atoms with E-state index in [1.807, 2.05) is 0 Å². The summed E-state index contributed by atoms with van der Waals surface area (Å²) in [5, 5.41) is 0. The molecule has 0 amide bonds. The van der Waals surface area contributed by atoms with Gasteiger partial charge in [-0.1, -0.05) is 0 Å². The SMILES string of the molecule is CC(CCS(C)=O)NS(=O)(=O)c1ccc(F)c(N)c1. The molecule has 0 aliphatic rings. The van der Waals surface area contributed by atoms with Crippen LogP contribution in [0.3, 0.4) is 0 Å². The molecule has 8 heteroatoms. The average molecular weight is 308 g/mol. The van der Waals surface area contributed by atoms with Crippen molar-refractivity contribution in [2.24, 2.45) is 0 Å². The van der Waals surface area contributed by atoms with E-state index >= 15 is 0 Å². The minimum Gasteiger partial charge on any atom is -0.396 e. The van der Waals surface area contributed by atoms with Crippen LogP contribution < -0.4 is 10.5 Å². The van der Waals surface area contributed by atoms with Crippen LogP contribution in [0.1, 0.15) is 13.3 Å². The Kier molecular flexibility index (Phi) is 5.45. The number of sulfonamides is 1. The van der Waals surface area contributed by atoms with E-state index in [2.05, 4.69) is 4.72 Å². The third kappa shape index (κ3) is 4.88. The van der Waals surface area contributed by atoms with Gasteiger partial charge in [-0.3, -0.25) is 4.21 Å². The largest absolute Gasteiger partial charge is 0.396 e. The molecule has 5 nitrogen and oxygen atoms in total. The zero-order valence-electron chi connectivity index (χ0n) is 10.7. The Morgan fingerprint density at radius 2 is 2.11 bits per heavy atom. The van der Waals surface area contributed by atoms with Crippen molar-refractivity contribution in [1.29, 1.82) is 0 Å². The number of benzene rings is 1. The van der Waals surface area contributed by atoms with Crippen molar-refractivity contribution in [2.75, 3.05) is 17.7 Å². The molecule has 0 aliphatic carbocycles. The molecule has 108 valence electrons. The molecule has 0 saturated heterocycles. The topological polar surface area (TPSA) is 89.3 Å². The Labute approximate surface area is 114 Å². The van der Waals surface area contributed by atoms with Crippen LogP contribution in [0.15, 0.2) is 23.1 Å². The highest BCUT2D eigenvalue weighted by Crippen LogP contribution is 2.17. The van der Waals surface area contributed by atoms with Crippen LogP contribution in [-0.4, -0.2) is 30.7 Å². The first-order valence-corrected chi connectivity index (χ1v) is 8.81. The number of nitrogen functional groups attached to an aromatic ring is 1. The first kappa shape index (κ1) is 16.1. The van der Waals surface area contributed by atoms with E-state index in [4.69, 9.17) is 5.73 Å². The molecule has 2 unspecified atom stereocenters. The van der Waals surface area contributed by atoms with Crippen molar-refractivity contribution >= 4 is 26.5 Å². The lowest BCUT2D eigenvalue weighted by molar-refractivity contribution is 0.555. The van der Waals surface area contributed by atoms with E-state index in [9.17, 15) is 17.0 Å². The van der Waals surface area contributed by atoms with Gasteiger partial charge in [0.1, 0.15) is 5.82 Å². The summed E-state index contributed by atoms with van der Waals surface area (Å²) >= 11 is 0. The Hall–Kier alpha value is -0.990. The summed E-state index contributed by atoms with van der Waals surface area (Å²) in [6.45, 7) is 1.68. The normalized spacial score (nSPS) is 15.1. The Balaban J connectivity index is 2.80. The fraction of sp³-hybridized carbons (Fsp3) is 0.455. The molecule has 2 atom stereocenters. The van der Waals surface area contributed by atoms with Gasteiger partial charge in [-0.05, 0) is 31.5 Å². The van der Waals surface area contributed by atoms with E-state index < -0.39 is 26.6 Å². The molecular formula is C11H17FN2O3S2. The Morgan fingerprint density at radius 3 is 2.63 bits per heavy atom. The predicted octanol–water partition coefficient (Wildman–Crippen LogP) is 0.843. The maximum atomic E-state index is 13.0. The van der Waals surface area contributed by atoms with Gasteiger partial charge in [0.25, 0.3) is 0 Å². The summed E-state index contributed by atoms with van der Waals surface area (Å²) < 4.78 is 50.3. The second-order valence-electron chi connectivity index (χ2n) is 4.27. The van der Waals surface area contributed by atoms with Crippen LogP contribution in [0.2, 0.25) is 0 Å². The molecule has 1 aromatic carbocycles. The molecule has 1 rings (SSSR count). The summed E-state index contributed by atoms with van der Waals surface area (Å²) in [4.78, 5) is -0.0872. The summed E-state index contributed by atoms with van der Waals surface area (Å²) in [5.41, 5.74) is 5.12. The van der Waals surface area contributed by atoms with E-state index in [1.165, 1.54) is 0 Å². The number of halogens is 1. The maximum Gasteiger partial charge on any atom is 0.240 e. The third-order valence-electron chi connectivity index (χ3n) is 2.47. The van der Waals surface area contributed by atoms with Crippen LogP contribution in [0.5, 0.6) is 0 Å². The standard InChI is InChI=1S/C11H17FN2O3S2/c1-8(5-6-18(2)15)14-19(16,17)9-3-4-10(12)11(13)7-9/h3-4,7-8,14H,5-6,13H2,1-2H3. The summed E-state index contributed by atoms with van der Waals surface area (Å²) in [6, 6.07) is 2.87. The molecule has 0 spiro atoms. The summed E-state index contributed by atoms with van der Waals surface area (Å²) in [5.74, 6) is -0.247. The lowest BCUT2D eigenvalue weighted by Gasteiger charge is -2.14. The minimum absolute atomic E-state index is 0.0872. The van der Waals surface area contributed by atoms with Crippen molar-refractivity contribution in [3.63, 3.8) is 0 Å². The average Bonchev–Trinajstić information content (AvgIpc) is 2.29. The number of anilines is 1. The van der Waals surface area contributed by atoms with Gasteiger partial charge in [-0.15, -0.1) is 0 Å². The van der Waals surface area contributed by atoms with Crippen molar-refractivity contribution in [2.45, 2.75) is 24.3 Å². The van der Waals surface area contributed by atoms with E-state index in [0.29, 0.717) is 12.2 Å². The maximum absolute atomic E-state index is 13.0. The van der Waals surface area contributed by atoms with Crippen molar-refractivity contribution in [3.8, 4) is 0 Å². The zero-order chi connectivity index (χ0) is 14.6. The second kappa shape index (κ2) is 6.44. The molecule has 0 fully saturated rings. The lowest BCUT2D eigenvalue weighted by atomic mass is 10.3. The smallest absolute Gasteiger partial charge is 0.240 e. The highest BCUT2D eigenvalue weighted by Gasteiger charge is 2.18.